The van der Waals surface area contributed by atoms with Gasteiger partial charge in [0.15, 0.2) is 0 Å². The zero-order valence-corrected chi connectivity index (χ0v) is 10.4. The molecule has 0 fully saturated rings. The molecule has 16 heavy (non-hydrogen) atoms. The fraction of sp³-hybridized carbons (Fsp3) is 0.583. The minimum Gasteiger partial charge on any atom is -0.380 e. The van der Waals surface area contributed by atoms with Crippen molar-refractivity contribution in [2.45, 2.75) is 13.5 Å². The number of aromatic nitrogens is 1. The van der Waals surface area contributed by atoms with Crippen molar-refractivity contribution in [1.29, 1.82) is 0 Å². The van der Waals surface area contributed by atoms with Crippen LogP contribution in [0.5, 0.6) is 0 Å². The van der Waals surface area contributed by atoms with Crippen LogP contribution in [-0.4, -0.2) is 43.7 Å². The minimum atomic E-state index is 0.785. The number of nitrogens with zero attached hydrogens (tertiary/aromatic N) is 2. The van der Waals surface area contributed by atoms with Crippen LogP contribution in [0.3, 0.4) is 0 Å². The molecule has 1 heterocycles. The quantitative estimate of drug-likeness (QED) is 0.712. The van der Waals surface area contributed by atoms with Gasteiger partial charge in [-0.25, -0.2) is 4.98 Å². The Morgan fingerprint density at radius 3 is 3.00 bits per heavy atom. The van der Waals surface area contributed by atoms with Crippen LogP contribution < -0.4 is 5.32 Å². The normalized spacial score (nSPS) is 10.8. The van der Waals surface area contributed by atoms with E-state index in [0.717, 1.165) is 32.1 Å². The molecular formula is C12H21N3O. The Bertz CT molecular complexity index is 304. The number of likely N-dealkylation sites (N-methyl/N-ethyl adjacent to an activating group) is 1. The van der Waals surface area contributed by atoms with E-state index in [0.29, 0.717) is 0 Å². The van der Waals surface area contributed by atoms with Crippen LogP contribution in [0.25, 0.3) is 0 Å². The summed E-state index contributed by atoms with van der Waals surface area (Å²) in [5.41, 5.74) is 1.26. The van der Waals surface area contributed by atoms with Crippen molar-refractivity contribution in [3.05, 3.63) is 23.9 Å². The van der Waals surface area contributed by atoms with E-state index in [1.165, 1.54) is 5.56 Å². The van der Waals surface area contributed by atoms with E-state index < -0.39 is 0 Å². The number of hydrogen-bond donors (Lipinski definition) is 1. The molecule has 0 aliphatic carbocycles. The molecule has 0 aliphatic heterocycles. The van der Waals surface area contributed by atoms with E-state index >= 15 is 0 Å². The lowest BCUT2D eigenvalue weighted by atomic mass is 10.2. The van der Waals surface area contributed by atoms with Gasteiger partial charge in [0.2, 0.25) is 0 Å². The Balaban J connectivity index is 2.39. The monoisotopic (exact) mass is 223 g/mol. The molecule has 0 radical (unpaired) electrons. The molecular weight excluding hydrogens is 202 g/mol. The van der Waals surface area contributed by atoms with Gasteiger partial charge in [0.25, 0.3) is 0 Å². The number of pyridine rings is 1. The Labute approximate surface area is 97.6 Å². The van der Waals surface area contributed by atoms with E-state index in [1.807, 2.05) is 26.2 Å². The first-order valence-electron chi connectivity index (χ1n) is 5.65. The number of anilines is 1. The second-order valence-corrected chi connectivity index (χ2v) is 3.73. The highest BCUT2D eigenvalue weighted by Crippen LogP contribution is 2.07. The highest BCUT2D eigenvalue weighted by atomic mass is 16.5. The maximum absolute atomic E-state index is 5.32. The molecule has 4 nitrogen and oxygen atoms in total. The SMILES string of the molecule is CCOCCN(C)Cc1ccnc(NC)c1. The van der Waals surface area contributed by atoms with Gasteiger partial charge >= 0.3 is 0 Å². The Morgan fingerprint density at radius 1 is 1.50 bits per heavy atom. The average Bonchev–Trinajstić information content (AvgIpc) is 2.29. The van der Waals surface area contributed by atoms with Crippen molar-refractivity contribution in [2.75, 3.05) is 39.2 Å². The van der Waals surface area contributed by atoms with Crippen LogP contribution in [0, 0.1) is 0 Å². The molecule has 0 aromatic carbocycles. The summed E-state index contributed by atoms with van der Waals surface area (Å²) in [5, 5.41) is 3.04. The molecule has 1 N–H and O–H groups in total. The summed E-state index contributed by atoms with van der Waals surface area (Å²) in [5.74, 6) is 0.913. The molecule has 90 valence electrons. The van der Waals surface area contributed by atoms with Gasteiger partial charge in [-0.3, -0.25) is 4.90 Å². The zero-order valence-electron chi connectivity index (χ0n) is 10.4. The number of hydrogen-bond acceptors (Lipinski definition) is 4. The third-order valence-corrected chi connectivity index (χ3v) is 2.35. The Kier molecular flexibility index (Phi) is 5.82. The Morgan fingerprint density at radius 2 is 2.31 bits per heavy atom. The van der Waals surface area contributed by atoms with Crippen LogP contribution >= 0.6 is 0 Å². The molecule has 1 aromatic heterocycles. The first kappa shape index (κ1) is 12.9. The number of ether oxygens (including phenoxy) is 1. The lowest BCUT2D eigenvalue weighted by Gasteiger charge is -2.16. The van der Waals surface area contributed by atoms with Gasteiger partial charge in [0.1, 0.15) is 5.82 Å². The lowest BCUT2D eigenvalue weighted by Crippen LogP contribution is -2.22. The van der Waals surface area contributed by atoms with Crippen LogP contribution in [0.4, 0.5) is 5.82 Å². The summed E-state index contributed by atoms with van der Waals surface area (Å²) >= 11 is 0. The fourth-order valence-electron chi connectivity index (χ4n) is 1.46. The summed E-state index contributed by atoms with van der Waals surface area (Å²) in [4.78, 5) is 6.43. The van der Waals surface area contributed by atoms with E-state index in [-0.39, 0.29) is 0 Å². The van der Waals surface area contributed by atoms with Gasteiger partial charge in [-0.05, 0) is 31.7 Å². The Hall–Kier alpha value is -1.13. The third-order valence-electron chi connectivity index (χ3n) is 2.35. The van der Waals surface area contributed by atoms with Crippen molar-refractivity contribution in [3.63, 3.8) is 0 Å². The van der Waals surface area contributed by atoms with Gasteiger partial charge in [-0.1, -0.05) is 0 Å². The smallest absolute Gasteiger partial charge is 0.125 e. The van der Waals surface area contributed by atoms with Crippen LogP contribution in [0.15, 0.2) is 18.3 Å². The number of rotatable bonds is 7. The van der Waals surface area contributed by atoms with Crippen LogP contribution in [0.2, 0.25) is 0 Å². The van der Waals surface area contributed by atoms with Gasteiger partial charge in [-0.2, -0.15) is 0 Å². The lowest BCUT2D eigenvalue weighted by molar-refractivity contribution is 0.120. The third kappa shape index (κ3) is 4.59. The standard InChI is InChI=1S/C12H21N3O/c1-4-16-8-7-15(3)10-11-5-6-14-12(9-11)13-2/h5-6,9H,4,7-8,10H2,1-3H3,(H,13,14). The number of nitrogens with one attached hydrogen (secondary N) is 1. The topological polar surface area (TPSA) is 37.4 Å². The molecule has 0 saturated heterocycles. The molecule has 0 atom stereocenters. The summed E-state index contributed by atoms with van der Waals surface area (Å²) in [6.45, 7) is 5.46. The molecule has 0 aliphatic rings. The molecule has 0 unspecified atom stereocenters. The van der Waals surface area contributed by atoms with E-state index in [1.54, 1.807) is 0 Å². The second kappa shape index (κ2) is 7.19. The predicted molar refractivity (Wildman–Crippen MR) is 66.6 cm³/mol. The zero-order chi connectivity index (χ0) is 11.8. The molecule has 1 rings (SSSR count). The molecule has 0 spiro atoms. The largest absolute Gasteiger partial charge is 0.380 e. The molecule has 0 saturated carbocycles. The van der Waals surface area contributed by atoms with Crippen molar-refractivity contribution in [3.8, 4) is 0 Å². The van der Waals surface area contributed by atoms with Gasteiger partial charge in [0.05, 0.1) is 6.61 Å². The van der Waals surface area contributed by atoms with E-state index in [9.17, 15) is 0 Å². The van der Waals surface area contributed by atoms with Crippen molar-refractivity contribution < 1.29 is 4.74 Å². The molecule has 0 bridgehead atoms. The predicted octanol–water partition coefficient (Wildman–Crippen LogP) is 1.59. The maximum atomic E-state index is 5.32. The summed E-state index contributed by atoms with van der Waals surface area (Å²) in [6, 6.07) is 4.11. The second-order valence-electron chi connectivity index (χ2n) is 3.73. The minimum absolute atomic E-state index is 0.785. The van der Waals surface area contributed by atoms with Crippen molar-refractivity contribution in [2.24, 2.45) is 0 Å². The first-order valence-corrected chi connectivity index (χ1v) is 5.65. The highest BCUT2D eigenvalue weighted by Gasteiger charge is 2.01. The van der Waals surface area contributed by atoms with Crippen molar-refractivity contribution >= 4 is 5.82 Å². The van der Waals surface area contributed by atoms with Crippen LogP contribution in [0.1, 0.15) is 12.5 Å². The fourth-order valence-corrected chi connectivity index (χ4v) is 1.46. The summed E-state index contributed by atoms with van der Waals surface area (Å²) in [7, 11) is 3.98. The first-order chi connectivity index (χ1) is 7.76. The van der Waals surface area contributed by atoms with Crippen molar-refractivity contribution in [1.82, 2.24) is 9.88 Å². The van der Waals surface area contributed by atoms with Gasteiger partial charge in [-0.15, -0.1) is 0 Å². The van der Waals surface area contributed by atoms with E-state index in [4.69, 9.17) is 4.74 Å². The average molecular weight is 223 g/mol. The highest BCUT2D eigenvalue weighted by molar-refractivity contribution is 5.36. The summed E-state index contributed by atoms with van der Waals surface area (Å²) < 4.78 is 5.32. The summed E-state index contributed by atoms with van der Waals surface area (Å²) in [6.07, 6.45) is 1.83. The van der Waals surface area contributed by atoms with E-state index in [2.05, 4.69) is 28.3 Å². The van der Waals surface area contributed by atoms with Crippen LogP contribution in [-0.2, 0) is 11.3 Å². The maximum Gasteiger partial charge on any atom is 0.125 e. The van der Waals surface area contributed by atoms with Gasteiger partial charge < -0.3 is 10.1 Å². The molecule has 0 amide bonds. The molecule has 4 heteroatoms. The van der Waals surface area contributed by atoms with Gasteiger partial charge in [0, 0.05) is 32.9 Å². The molecule has 1 aromatic rings.